The summed E-state index contributed by atoms with van der Waals surface area (Å²) in [5.41, 5.74) is 3.30. The quantitative estimate of drug-likeness (QED) is 0.328. The first kappa shape index (κ1) is 24.8. The summed E-state index contributed by atoms with van der Waals surface area (Å²) in [5.74, 6) is 0.637. The Bertz CT molecular complexity index is 1500. The van der Waals surface area contributed by atoms with Crippen molar-refractivity contribution in [2.24, 2.45) is 0 Å². The molecule has 0 spiro atoms. The summed E-state index contributed by atoms with van der Waals surface area (Å²) in [5, 5.41) is 1.07. The van der Waals surface area contributed by atoms with E-state index in [0.29, 0.717) is 18.0 Å². The lowest BCUT2D eigenvalue weighted by Crippen LogP contribution is -2.47. The number of nitrogens with zero attached hydrogens (tertiary/aromatic N) is 2. The number of carbonyl (C=O) groups is 1. The fourth-order valence-corrected chi connectivity index (χ4v) is 5.59. The average Bonchev–Trinajstić information content (AvgIpc) is 3.42. The van der Waals surface area contributed by atoms with Gasteiger partial charge in [-0.2, -0.15) is 0 Å². The molecule has 0 radical (unpaired) electrons. The zero-order valence-corrected chi connectivity index (χ0v) is 21.4. The lowest BCUT2D eigenvalue weighted by atomic mass is 10.2. The van der Waals surface area contributed by atoms with Crippen LogP contribution in [0.5, 0.6) is 5.75 Å². The highest BCUT2D eigenvalue weighted by molar-refractivity contribution is 7.90. The highest BCUT2D eigenvalue weighted by Crippen LogP contribution is 2.30. The highest BCUT2D eigenvalue weighted by Gasteiger charge is 2.31. The first-order valence-corrected chi connectivity index (χ1v) is 13.9. The molecule has 1 saturated carbocycles. The van der Waals surface area contributed by atoms with E-state index in [4.69, 9.17) is 4.74 Å². The fourth-order valence-electron chi connectivity index (χ4n) is 4.65. The SMILES string of the molecule is Cc1ccc(S(=O)(=O)NC(=O)N(c2ccc(OCc3ccc4ccccc4n3)cc2)C2CCCC2)cc1. The number of hydrogen-bond acceptors (Lipinski definition) is 5. The molecule has 3 aromatic carbocycles. The van der Waals surface area contributed by atoms with E-state index >= 15 is 0 Å². The molecule has 190 valence electrons. The molecule has 8 heteroatoms. The lowest BCUT2D eigenvalue weighted by molar-refractivity contribution is 0.248. The number of carbonyl (C=O) groups excluding carboxylic acids is 1. The largest absolute Gasteiger partial charge is 0.487 e. The first-order valence-electron chi connectivity index (χ1n) is 12.4. The van der Waals surface area contributed by atoms with Gasteiger partial charge in [0.1, 0.15) is 12.4 Å². The van der Waals surface area contributed by atoms with Gasteiger partial charge in [-0.15, -0.1) is 0 Å². The number of pyridine rings is 1. The molecule has 1 aliphatic rings. The molecule has 1 N–H and O–H groups in total. The number of amides is 2. The van der Waals surface area contributed by atoms with Crippen LogP contribution in [-0.4, -0.2) is 25.5 Å². The number of fused-ring (bicyclic) bond motifs is 1. The van der Waals surface area contributed by atoms with Crippen LogP contribution in [0.15, 0.2) is 89.8 Å². The van der Waals surface area contributed by atoms with Crippen LogP contribution in [0.1, 0.15) is 36.9 Å². The van der Waals surface area contributed by atoms with Crippen LogP contribution in [0.4, 0.5) is 10.5 Å². The van der Waals surface area contributed by atoms with E-state index in [-0.39, 0.29) is 10.9 Å². The van der Waals surface area contributed by atoms with Crippen molar-refractivity contribution in [3.63, 3.8) is 0 Å². The third-order valence-electron chi connectivity index (χ3n) is 6.62. The average molecular weight is 516 g/mol. The Morgan fingerprint density at radius 1 is 0.946 bits per heavy atom. The molecular weight excluding hydrogens is 486 g/mol. The van der Waals surface area contributed by atoms with Crippen LogP contribution in [0.25, 0.3) is 10.9 Å². The third-order valence-corrected chi connectivity index (χ3v) is 7.96. The van der Waals surface area contributed by atoms with Gasteiger partial charge in [0.2, 0.25) is 0 Å². The zero-order chi connectivity index (χ0) is 25.8. The molecule has 4 aromatic rings. The minimum atomic E-state index is -3.99. The van der Waals surface area contributed by atoms with E-state index in [1.807, 2.05) is 43.3 Å². The van der Waals surface area contributed by atoms with Gasteiger partial charge in [-0.25, -0.2) is 22.9 Å². The second kappa shape index (κ2) is 10.6. The third kappa shape index (κ3) is 5.75. The van der Waals surface area contributed by atoms with Crippen LogP contribution in [0.3, 0.4) is 0 Å². The van der Waals surface area contributed by atoms with Crippen molar-refractivity contribution >= 4 is 32.6 Å². The number of aryl methyl sites for hydroxylation is 1. The Labute approximate surface area is 217 Å². The van der Waals surface area contributed by atoms with Crippen molar-refractivity contribution < 1.29 is 17.9 Å². The van der Waals surface area contributed by atoms with E-state index in [2.05, 4.69) is 9.71 Å². The molecular formula is C29H29N3O4S. The number of hydrogen-bond donors (Lipinski definition) is 1. The van der Waals surface area contributed by atoms with Gasteiger partial charge in [-0.3, -0.25) is 4.90 Å². The second-order valence-electron chi connectivity index (χ2n) is 9.31. The summed E-state index contributed by atoms with van der Waals surface area (Å²) in [7, 11) is -3.99. The van der Waals surface area contributed by atoms with Crippen LogP contribution in [-0.2, 0) is 16.6 Å². The van der Waals surface area contributed by atoms with Gasteiger partial charge in [0.25, 0.3) is 10.0 Å². The minimum absolute atomic E-state index is 0.0591. The van der Waals surface area contributed by atoms with Gasteiger partial charge in [-0.1, -0.05) is 54.8 Å². The van der Waals surface area contributed by atoms with E-state index in [0.717, 1.165) is 47.8 Å². The first-order chi connectivity index (χ1) is 17.9. The van der Waals surface area contributed by atoms with Crippen LogP contribution < -0.4 is 14.4 Å². The molecule has 0 bridgehead atoms. The standard InChI is InChI=1S/C29H29N3O4S/c1-21-10-18-27(19-11-21)37(34,35)31-29(33)32(24-7-3-4-8-24)25-14-16-26(17-15-25)36-20-23-13-12-22-6-2-5-9-28(22)30-23/h2,5-6,9-19,24H,3-4,7-8,20H2,1H3,(H,31,33). The molecule has 0 atom stereocenters. The Balaban J connectivity index is 1.31. The van der Waals surface area contributed by atoms with Crippen molar-refractivity contribution in [1.82, 2.24) is 9.71 Å². The van der Waals surface area contributed by atoms with E-state index < -0.39 is 16.1 Å². The predicted octanol–water partition coefficient (Wildman–Crippen LogP) is 5.97. The molecule has 1 aliphatic carbocycles. The molecule has 2 amide bonds. The van der Waals surface area contributed by atoms with Crippen molar-refractivity contribution in [2.45, 2.75) is 50.2 Å². The van der Waals surface area contributed by atoms with E-state index in [1.54, 1.807) is 41.3 Å². The van der Waals surface area contributed by atoms with Gasteiger partial charge in [0.05, 0.1) is 16.1 Å². The molecule has 1 heterocycles. The Morgan fingerprint density at radius 2 is 1.65 bits per heavy atom. The summed E-state index contributed by atoms with van der Waals surface area (Å²) >= 11 is 0. The molecule has 1 aromatic heterocycles. The number of sulfonamides is 1. The summed E-state index contributed by atoms with van der Waals surface area (Å²) in [6, 6.07) is 24.8. The Kier molecular flexibility index (Phi) is 7.10. The normalized spacial score (nSPS) is 14.0. The van der Waals surface area contributed by atoms with Gasteiger partial charge < -0.3 is 4.74 Å². The molecule has 7 nitrogen and oxygen atoms in total. The van der Waals surface area contributed by atoms with Crippen LogP contribution in [0, 0.1) is 6.92 Å². The fraction of sp³-hybridized carbons (Fsp3) is 0.241. The number of rotatable bonds is 7. The van der Waals surface area contributed by atoms with Gasteiger partial charge in [0, 0.05) is 17.1 Å². The summed E-state index contributed by atoms with van der Waals surface area (Å²) in [6.45, 7) is 2.19. The predicted molar refractivity (Wildman–Crippen MR) is 144 cm³/mol. The number of ether oxygens (including phenoxy) is 1. The monoisotopic (exact) mass is 515 g/mol. The number of urea groups is 1. The van der Waals surface area contributed by atoms with Crippen molar-refractivity contribution in [2.75, 3.05) is 4.90 Å². The number of aromatic nitrogens is 1. The second-order valence-corrected chi connectivity index (χ2v) is 11.0. The van der Waals surface area contributed by atoms with Crippen LogP contribution >= 0.6 is 0 Å². The number of anilines is 1. The van der Waals surface area contributed by atoms with Gasteiger partial charge in [0.15, 0.2) is 0 Å². The summed E-state index contributed by atoms with van der Waals surface area (Å²) in [4.78, 5) is 19.5. The molecule has 0 unspecified atom stereocenters. The summed E-state index contributed by atoms with van der Waals surface area (Å²) in [6.07, 6.45) is 3.64. The summed E-state index contributed by atoms with van der Waals surface area (Å²) < 4.78 is 33.9. The zero-order valence-electron chi connectivity index (χ0n) is 20.6. The van der Waals surface area contributed by atoms with Crippen LogP contribution in [0.2, 0.25) is 0 Å². The smallest absolute Gasteiger partial charge is 0.336 e. The topological polar surface area (TPSA) is 88.6 Å². The molecule has 5 rings (SSSR count). The molecule has 0 aliphatic heterocycles. The maximum atomic E-state index is 13.3. The Hall–Kier alpha value is -3.91. The maximum Gasteiger partial charge on any atom is 0.336 e. The Morgan fingerprint density at radius 3 is 2.38 bits per heavy atom. The maximum absolute atomic E-state index is 13.3. The number of benzene rings is 3. The highest BCUT2D eigenvalue weighted by atomic mass is 32.2. The minimum Gasteiger partial charge on any atom is -0.487 e. The lowest BCUT2D eigenvalue weighted by Gasteiger charge is -2.29. The molecule has 0 saturated heterocycles. The van der Waals surface area contributed by atoms with Crippen molar-refractivity contribution in [3.8, 4) is 5.75 Å². The number of para-hydroxylation sites is 1. The molecule has 37 heavy (non-hydrogen) atoms. The van der Waals surface area contributed by atoms with Crippen molar-refractivity contribution in [1.29, 1.82) is 0 Å². The van der Waals surface area contributed by atoms with E-state index in [9.17, 15) is 13.2 Å². The number of nitrogens with one attached hydrogen (secondary N) is 1. The van der Waals surface area contributed by atoms with Crippen molar-refractivity contribution in [3.05, 3.63) is 96.2 Å². The van der Waals surface area contributed by atoms with Gasteiger partial charge in [-0.05, 0) is 68.3 Å². The van der Waals surface area contributed by atoms with E-state index in [1.165, 1.54) is 12.1 Å². The molecule has 1 fully saturated rings. The van der Waals surface area contributed by atoms with Gasteiger partial charge >= 0.3 is 6.03 Å².